The van der Waals surface area contributed by atoms with Crippen LogP contribution >= 0.6 is 11.6 Å². The minimum Gasteiger partial charge on any atom is -0.449 e. The summed E-state index contributed by atoms with van der Waals surface area (Å²) in [5.74, 6) is -1.39. The molecule has 0 aliphatic carbocycles. The molecule has 0 saturated carbocycles. The van der Waals surface area contributed by atoms with Gasteiger partial charge in [-0.05, 0) is 36.8 Å². The summed E-state index contributed by atoms with van der Waals surface area (Å²) >= 11 is 5.77. The van der Waals surface area contributed by atoms with Crippen molar-refractivity contribution < 1.29 is 19.2 Å². The number of nitrogens with one attached hydrogen (secondary N) is 1. The fourth-order valence-corrected chi connectivity index (χ4v) is 2.10. The maximum Gasteiger partial charge on any atom is 0.331 e. The Balaban J connectivity index is 1.95. The first kappa shape index (κ1) is 19.1. The Morgan fingerprint density at radius 2 is 1.85 bits per heavy atom. The van der Waals surface area contributed by atoms with Crippen molar-refractivity contribution in [2.45, 2.75) is 13.0 Å². The van der Waals surface area contributed by atoms with Crippen LogP contribution in [0.3, 0.4) is 0 Å². The lowest BCUT2D eigenvalue weighted by Crippen LogP contribution is -2.29. The number of anilines is 1. The molecule has 7 nitrogen and oxygen atoms in total. The second kappa shape index (κ2) is 8.77. The second-order valence-electron chi connectivity index (χ2n) is 5.23. The number of rotatable bonds is 6. The summed E-state index contributed by atoms with van der Waals surface area (Å²) in [7, 11) is 0. The summed E-state index contributed by atoms with van der Waals surface area (Å²) in [6.45, 7) is 1.37. The first-order chi connectivity index (χ1) is 12.4. The van der Waals surface area contributed by atoms with E-state index in [0.29, 0.717) is 5.02 Å². The number of para-hydroxylation sites is 2. The van der Waals surface area contributed by atoms with Gasteiger partial charge in [0.2, 0.25) is 0 Å². The van der Waals surface area contributed by atoms with Crippen LogP contribution in [0.1, 0.15) is 12.5 Å². The van der Waals surface area contributed by atoms with Crippen LogP contribution in [-0.2, 0) is 14.3 Å². The van der Waals surface area contributed by atoms with Gasteiger partial charge in [-0.2, -0.15) is 0 Å². The van der Waals surface area contributed by atoms with Crippen LogP contribution in [0.4, 0.5) is 11.4 Å². The molecule has 134 valence electrons. The van der Waals surface area contributed by atoms with E-state index < -0.39 is 22.9 Å². The number of nitrogens with zero attached hydrogens (tertiary/aromatic N) is 1. The molecule has 2 aromatic carbocycles. The Kier molecular flexibility index (Phi) is 6.46. The largest absolute Gasteiger partial charge is 0.449 e. The highest BCUT2D eigenvalue weighted by Gasteiger charge is 2.20. The minimum atomic E-state index is -1.13. The molecule has 0 bridgehead atoms. The molecule has 8 heteroatoms. The normalized spacial score (nSPS) is 11.8. The topological polar surface area (TPSA) is 98.5 Å². The minimum absolute atomic E-state index is 0.0297. The van der Waals surface area contributed by atoms with Crippen molar-refractivity contribution in [1.82, 2.24) is 0 Å². The van der Waals surface area contributed by atoms with Crippen LogP contribution in [0.2, 0.25) is 5.02 Å². The van der Waals surface area contributed by atoms with Crippen molar-refractivity contribution in [3.05, 3.63) is 75.3 Å². The number of ether oxygens (including phenoxy) is 1. The van der Waals surface area contributed by atoms with Gasteiger partial charge < -0.3 is 10.1 Å². The Morgan fingerprint density at radius 1 is 1.19 bits per heavy atom. The molecule has 26 heavy (non-hydrogen) atoms. The van der Waals surface area contributed by atoms with E-state index in [1.54, 1.807) is 30.3 Å². The highest BCUT2D eigenvalue weighted by atomic mass is 35.5. The molecular formula is C18H15ClN2O5. The van der Waals surface area contributed by atoms with Gasteiger partial charge in [0.15, 0.2) is 6.10 Å². The van der Waals surface area contributed by atoms with Crippen LogP contribution in [0.25, 0.3) is 6.08 Å². The summed E-state index contributed by atoms with van der Waals surface area (Å²) in [6, 6.07) is 12.5. The fraction of sp³-hybridized carbons (Fsp3) is 0.111. The number of carbonyl (C=O) groups is 2. The van der Waals surface area contributed by atoms with Gasteiger partial charge in [-0.3, -0.25) is 14.9 Å². The molecule has 0 unspecified atom stereocenters. The van der Waals surface area contributed by atoms with Gasteiger partial charge in [-0.15, -0.1) is 0 Å². The molecular weight excluding hydrogens is 360 g/mol. The van der Waals surface area contributed by atoms with Crippen LogP contribution in [0.15, 0.2) is 54.6 Å². The third kappa shape index (κ3) is 5.42. The first-order valence-electron chi connectivity index (χ1n) is 7.55. The number of carbonyl (C=O) groups excluding carboxylic acids is 2. The quantitative estimate of drug-likeness (QED) is 0.358. The lowest BCUT2D eigenvalue weighted by Gasteiger charge is -2.12. The van der Waals surface area contributed by atoms with Crippen molar-refractivity contribution in [3.63, 3.8) is 0 Å². The summed E-state index contributed by atoms with van der Waals surface area (Å²) in [5.41, 5.74) is 0.521. The first-order valence-corrected chi connectivity index (χ1v) is 7.93. The van der Waals surface area contributed by atoms with Gasteiger partial charge in [-0.1, -0.05) is 35.9 Å². The Morgan fingerprint density at radius 3 is 2.50 bits per heavy atom. The van der Waals surface area contributed by atoms with Crippen molar-refractivity contribution in [1.29, 1.82) is 0 Å². The predicted molar refractivity (Wildman–Crippen MR) is 97.8 cm³/mol. The van der Waals surface area contributed by atoms with Crippen LogP contribution in [-0.4, -0.2) is 22.9 Å². The number of hydrogen-bond donors (Lipinski definition) is 1. The summed E-state index contributed by atoms with van der Waals surface area (Å²) in [5, 5.41) is 13.9. The molecule has 0 aliphatic heterocycles. The SMILES string of the molecule is C[C@@H](OC(=O)/C=C/c1ccc(Cl)cc1)C(=O)Nc1ccccc1[N+](=O)[O-]. The van der Waals surface area contributed by atoms with Gasteiger partial charge in [-0.25, -0.2) is 4.79 Å². The molecule has 0 saturated heterocycles. The standard InChI is InChI=1S/C18H15ClN2O5/c1-12(18(23)20-15-4-2-3-5-16(15)21(24)25)26-17(22)11-8-13-6-9-14(19)10-7-13/h2-12H,1H3,(H,20,23)/b11-8+/t12-/m1/s1. The summed E-state index contributed by atoms with van der Waals surface area (Å²) in [6.07, 6.45) is 1.57. The number of benzene rings is 2. The molecule has 2 aromatic rings. The summed E-state index contributed by atoms with van der Waals surface area (Å²) < 4.78 is 5.00. The molecule has 1 amide bonds. The van der Waals surface area contributed by atoms with Gasteiger partial charge in [0.1, 0.15) is 5.69 Å². The van der Waals surface area contributed by atoms with E-state index in [-0.39, 0.29) is 11.4 Å². The Bertz CT molecular complexity index is 849. The third-order valence-corrected chi connectivity index (χ3v) is 3.55. The maximum absolute atomic E-state index is 12.1. The molecule has 0 aliphatic rings. The lowest BCUT2D eigenvalue weighted by atomic mass is 10.2. The van der Waals surface area contributed by atoms with Crippen molar-refractivity contribution in [3.8, 4) is 0 Å². The highest BCUT2D eigenvalue weighted by Crippen LogP contribution is 2.23. The number of esters is 1. The van der Waals surface area contributed by atoms with E-state index in [2.05, 4.69) is 5.32 Å². The molecule has 0 radical (unpaired) electrons. The van der Waals surface area contributed by atoms with E-state index in [1.165, 1.54) is 37.3 Å². The average molecular weight is 375 g/mol. The van der Waals surface area contributed by atoms with Gasteiger partial charge >= 0.3 is 5.97 Å². The molecule has 2 rings (SSSR count). The van der Waals surface area contributed by atoms with Crippen molar-refractivity contribution in [2.24, 2.45) is 0 Å². The zero-order valence-corrected chi connectivity index (χ0v) is 14.5. The zero-order valence-electron chi connectivity index (χ0n) is 13.7. The Hall–Kier alpha value is -3.19. The maximum atomic E-state index is 12.1. The monoisotopic (exact) mass is 374 g/mol. The van der Waals surface area contributed by atoms with Gasteiger partial charge in [0.25, 0.3) is 11.6 Å². The van der Waals surface area contributed by atoms with Crippen molar-refractivity contribution >= 4 is 40.9 Å². The number of nitro groups is 1. The second-order valence-corrected chi connectivity index (χ2v) is 5.66. The number of amides is 1. The number of hydrogen-bond acceptors (Lipinski definition) is 5. The van der Waals surface area contributed by atoms with Gasteiger partial charge in [0.05, 0.1) is 4.92 Å². The third-order valence-electron chi connectivity index (χ3n) is 3.30. The van der Waals surface area contributed by atoms with Crippen molar-refractivity contribution in [2.75, 3.05) is 5.32 Å². The predicted octanol–water partition coefficient (Wildman–Crippen LogP) is 3.83. The van der Waals surface area contributed by atoms with E-state index in [4.69, 9.17) is 16.3 Å². The fourth-order valence-electron chi connectivity index (χ4n) is 1.98. The molecule has 1 N–H and O–H groups in total. The van der Waals surface area contributed by atoms with E-state index in [1.807, 2.05) is 0 Å². The van der Waals surface area contributed by atoms with E-state index >= 15 is 0 Å². The van der Waals surface area contributed by atoms with E-state index in [9.17, 15) is 19.7 Å². The lowest BCUT2D eigenvalue weighted by molar-refractivity contribution is -0.383. The average Bonchev–Trinajstić information content (AvgIpc) is 2.61. The van der Waals surface area contributed by atoms with Crippen LogP contribution in [0.5, 0.6) is 0 Å². The van der Waals surface area contributed by atoms with E-state index in [0.717, 1.165) is 5.56 Å². The number of halogens is 1. The molecule has 0 spiro atoms. The smallest absolute Gasteiger partial charge is 0.331 e. The molecule has 0 fully saturated rings. The molecule has 1 atom stereocenters. The summed E-state index contributed by atoms with van der Waals surface area (Å²) in [4.78, 5) is 34.2. The molecule has 0 aromatic heterocycles. The van der Waals surface area contributed by atoms with Crippen LogP contribution < -0.4 is 5.32 Å². The highest BCUT2D eigenvalue weighted by molar-refractivity contribution is 6.30. The molecule has 0 heterocycles. The van der Waals surface area contributed by atoms with Crippen LogP contribution in [0, 0.1) is 10.1 Å². The number of nitro benzene ring substituents is 1. The van der Waals surface area contributed by atoms with Gasteiger partial charge in [0, 0.05) is 17.2 Å². The Labute approximate surface area is 154 Å². The zero-order chi connectivity index (χ0) is 19.1.